The van der Waals surface area contributed by atoms with Crippen molar-refractivity contribution in [3.8, 4) is 5.75 Å². The average molecular weight is 422 g/mol. The number of likely N-dealkylation sites (N-methyl/N-ethyl adjacent to an activating group) is 1. The number of nitrogens with zero attached hydrogens (tertiary/aromatic N) is 1. The van der Waals surface area contributed by atoms with Crippen molar-refractivity contribution in [2.75, 3.05) is 7.05 Å². The number of hydrogen-bond acceptors (Lipinski definition) is 3. The summed E-state index contributed by atoms with van der Waals surface area (Å²) >= 11 is 9.29. The lowest BCUT2D eigenvalue weighted by Crippen LogP contribution is -2.25. The first-order valence-corrected chi connectivity index (χ1v) is 8.58. The maximum Gasteiger partial charge on any atom is 0.328 e. The number of amides is 3. The Bertz CT molecular complexity index is 865. The molecule has 0 bridgehead atoms. The summed E-state index contributed by atoms with van der Waals surface area (Å²) in [6.45, 7) is 0.356. The molecule has 0 atom stereocenters. The van der Waals surface area contributed by atoms with E-state index in [0.29, 0.717) is 22.9 Å². The van der Waals surface area contributed by atoms with E-state index in [0.717, 1.165) is 14.9 Å². The van der Waals surface area contributed by atoms with Gasteiger partial charge in [-0.05, 0) is 42.0 Å². The lowest BCUT2D eigenvalue weighted by atomic mass is 10.1. The van der Waals surface area contributed by atoms with Crippen molar-refractivity contribution in [1.82, 2.24) is 10.2 Å². The van der Waals surface area contributed by atoms with Crippen molar-refractivity contribution < 1.29 is 14.3 Å². The molecular weight excluding hydrogens is 408 g/mol. The van der Waals surface area contributed by atoms with Crippen molar-refractivity contribution in [2.24, 2.45) is 0 Å². The number of hydrogen-bond donors (Lipinski definition) is 1. The van der Waals surface area contributed by atoms with E-state index in [4.69, 9.17) is 16.3 Å². The van der Waals surface area contributed by atoms with Gasteiger partial charge in [0, 0.05) is 22.1 Å². The standard InChI is InChI=1S/C18H14BrClN2O3/c1-22-17(23)15(21-18(22)24)9-12-8-13(19)4-7-16(12)25-10-11-2-5-14(20)6-3-11/h2-9H,10H2,1H3,(H,21,24)/b15-9+. The highest BCUT2D eigenvalue weighted by molar-refractivity contribution is 9.10. The van der Waals surface area contributed by atoms with E-state index in [1.54, 1.807) is 24.3 Å². The molecule has 1 saturated heterocycles. The fourth-order valence-corrected chi connectivity index (χ4v) is 2.79. The molecule has 2 aromatic rings. The topological polar surface area (TPSA) is 58.6 Å². The number of rotatable bonds is 4. The molecule has 3 rings (SSSR count). The second-order valence-electron chi connectivity index (χ2n) is 5.45. The molecule has 1 heterocycles. The van der Waals surface area contributed by atoms with E-state index in [1.165, 1.54) is 7.05 Å². The molecule has 3 amide bonds. The zero-order chi connectivity index (χ0) is 18.0. The van der Waals surface area contributed by atoms with Gasteiger partial charge in [-0.1, -0.05) is 39.7 Å². The van der Waals surface area contributed by atoms with Crippen LogP contribution < -0.4 is 10.1 Å². The van der Waals surface area contributed by atoms with E-state index in [-0.39, 0.29) is 11.6 Å². The second kappa shape index (κ2) is 7.29. The number of carbonyl (C=O) groups excluding carboxylic acids is 2. The van der Waals surface area contributed by atoms with Gasteiger partial charge in [-0.2, -0.15) is 0 Å². The predicted molar refractivity (Wildman–Crippen MR) is 99.2 cm³/mol. The summed E-state index contributed by atoms with van der Waals surface area (Å²) < 4.78 is 6.71. The Labute approximate surface area is 158 Å². The minimum absolute atomic E-state index is 0.210. The Morgan fingerprint density at radius 3 is 2.56 bits per heavy atom. The summed E-state index contributed by atoms with van der Waals surface area (Å²) in [6.07, 6.45) is 1.60. The number of benzene rings is 2. The van der Waals surface area contributed by atoms with Crippen LogP contribution in [-0.4, -0.2) is 23.9 Å². The van der Waals surface area contributed by atoms with Gasteiger partial charge < -0.3 is 10.1 Å². The molecule has 128 valence electrons. The third kappa shape index (κ3) is 4.03. The first-order valence-electron chi connectivity index (χ1n) is 7.41. The number of nitrogens with one attached hydrogen (secondary N) is 1. The number of halogens is 2. The Hall–Kier alpha value is -2.31. The van der Waals surface area contributed by atoms with Crippen molar-refractivity contribution >= 4 is 45.5 Å². The van der Waals surface area contributed by atoms with Crippen LogP contribution in [0.15, 0.2) is 52.6 Å². The summed E-state index contributed by atoms with van der Waals surface area (Å²) in [6, 6.07) is 12.4. The maximum atomic E-state index is 12.0. The van der Waals surface area contributed by atoms with E-state index in [9.17, 15) is 9.59 Å². The Kier molecular flexibility index (Phi) is 5.11. The normalized spacial score (nSPS) is 15.6. The Morgan fingerprint density at radius 1 is 1.20 bits per heavy atom. The molecule has 2 aromatic carbocycles. The van der Waals surface area contributed by atoms with Crippen molar-refractivity contribution in [2.45, 2.75) is 6.61 Å². The molecule has 0 aliphatic carbocycles. The third-order valence-corrected chi connectivity index (χ3v) is 4.41. The van der Waals surface area contributed by atoms with Gasteiger partial charge in [-0.3, -0.25) is 9.69 Å². The van der Waals surface area contributed by atoms with Crippen molar-refractivity contribution in [1.29, 1.82) is 0 Å². The summed E-state index contributed by atoms with van der Waals surface area (Å²) in [4.78, 5) is 24.6. The second-order valence-corrected chi connectivity index (χ2v) is 6.80. The molecule has 0 spiro atoms. The minimum Gasteiger partial charge on any atom is -0.488 e. The number of urea groups is 1. The molecule has 5 nitrogen and oxygen atoms in total. The zero-order valence-electron chi connectivity index (χ0n) is 13.3. The monoisotopic (exact) mass is 420 g/mol. The molecule has 0 saturated carbocycles. The number of ether oxygens (including phenoxy) is 1. The first-order chi connectivity index (χ1) is 11.9. The predicted octanol–water partition coefficient (Wildman–Crippen LogP) is 4.20. The highest BCUT2D eigenvalue weighted by atomic mass is 79.9. The van der Waals surface area contributed by atoms with Gasteiger partial charge in [-0.15, -0.1) is 0 Å². The van der Waals surface area contributed by atoms with Crippen LogP contribution in [0.25, 0.3) is 6.08 Å². The van der Waals surface area contributed by atoms with E-state index >= 15 is 0 Å². The highest BCUT2D eigenvalue weighted by Gasteiger charge is 2.30. The van der Waals surface area contributed by atoms with Crippen LogP contribution in [0.3, 0.4) is 0 Å². The minimum atomic E-state index is -0.449. The molecule has 0 radical (unpaired) electrons. The highest BCUT2D eigenvalue weighted by Crippen LogP contribution is 2.27. The van der Waals surface area contributed by atoms with Gasteiger partial charge in [0.05, 0.1) is 0 Å². The van der Waals surface area contributed by atoms with Crippen LogP contribution in [0.4, 0.5) is 4.79 Å². The van der Waals surface area contributed by atoms with Gasteiger partial charge in [0.1, 0.15) is 18.1 Å². The molecule has 0 aromatic heterocycles. The fourth-order valence-electron chi connectivity index (χ4n) is 2.28. The maximum absolute atomic E-state index is 12.0. The molecule has 1 N–H and O–H groups in total. The van der Waals surface area contributed by atoms with Crippen LogP contribution >= 0.6 is 27.5 Å². The zero-order valence-corrected chi connectivity index (χ0v) is 15.6. The summed E-state index contributed by atoms with van der Waals surface area (Å²) in [5.74, 6) is 0.218. The molecular formula is C18H14BrClN2O3. The van der Waals surface area contributed by atoms with Crippen LogP contribution in [0, 0.1) is 0 Å². The molecule has 1 aliphatic heterocycles. The van der Waals surface area contributed by atoms with Crippen LogP contribution in [0.2, 0.25) is 5.02 Å². The largest absolute Gasteiger partial charge is 0.488 e. The quantitative estimate of drug-likeness (QED) is 0.594. The van der Waals surface area contributed by atoms with Crippen LogP contribution in [-0.2, 0) is 11.4 Å². The Balaban J connectivity index is 1.84. The number of carbonyl (C=O) groups is 2. The molecule has 1 fully saturated rings. The Morgan fingerprint density at radius 2 is 1.92 bits per heavy atom. The third-order valence-electron chi connectivity index (χ3n) is 3.66. The SMILES string of the molecule is CN1C(=O)N/C(=C/c2cc(Br)ccc2OCc2ccc(Cl)cc2)C1=O. The van der Waals surface area contributed by atoms with Gasteiger partial charge in [0.15, 0.2) is 0 Å². The first kappa shape index (κ1) is 17.5. The van der Waals surface area contributed by atoms with Gasteiger partial charge in [-0.25, -0.2) is 4.79 Å². The lowest BCUT2D eigenvalue weighted by Gasteiger charge is -2.10. The summed E-state index contributed by atoms with van der Waals surface area (Å²) in [5.41, 5.74) is 1.86. The summed E-state index contributed by atoms with van der Waals surface area (Å²) in [7, 11) is 1.43. The van der Waals surface area contributed by atoms with Gasteiger partial charge >= 0.3 is 6.03 Å². The van der Waals surface area contributed by atoms with E-state index < -0.39 is 6.03 Å². The van der Waals surface area contributed by atoms with E-state index in [1.807, 2.05) is 24.3 Å². The summed E-state index contributed by atoms with van der Waals surface area (Å²) in [5, 5.41) is 3.21. The fraction of sp³-hybridized carbons (Fsp3) is 0.111. The van der Waals surface area contributed by atoms with Crippen molar-refractivity contribution in [3.63, 3.8) is 0 Å². The van der Waals surface area contributed by atoms with Gasteiger partial charge in [0.2, 0.25) is 0 Å². The number of imide groups is 1. The molecule has 25 heavy (non-hydrogen) atoms. The molecule has 0 unspecified atom stereocenters. The van der Waals surface area contributed by atoms with Crippen LogP contribution in [0.1, 0.15) is 11.1 Å². The van der Waals surface area contributed by atoms with Crippen molar-refractivity contribution in [3.05, 3.63) is 68.8 Å². The van der Waals surface area contributed by atoms with Gasteiger partial charge in [0.25, 0.3) is 5.91 Å². The molecule has 7 heteroatoms. The lowest BCUT2D eigenvalue weighted by molar-refractivity contribution is -0.121. The van der Waals surface area contributed by atoms with Crippen LogP contribution in [0.5, 0.6) is 5.75 Å². The molecule has 1 aliphatic rings. The smallest absolute Gasteiger partial charge is 0.328 e. The van der Waals surface area contributed by atoms with E-state index in [2.05, 4.69) is 21.2 Å². The average Bonchev–Trinajstić information content (AvgIpc) is 2.83.